The predicted octanol–water partition coefficient (Wildman–Crippen LogP) is 2.99. The van der Waals surface area contributed by atoms with Crippen molar-refractivity contribution in [2.24, 2.45) is 0 Å². The third kappa shape index (κ3) is 6.53. The van der Waals surface area contributed by atoms with E-state index in [4.69, 9.17) is 0 Å². The second-order valence-corrected chi connectivity index (χ2v) is 6.10. The topological polar surface area (TPSA) is 41.1 Å². The molecule has 19 heavy (non-hydrogen) atoms. The van der Waals surface area contributed by atoms with Crippen molar-refractivity contribution in [3.63, 3.8) is 0 Å². The number of nitrogens with zero attached hydrogens (tertiary/aromatic N) is 3. The lowest BCUT2D eigenvalue weighted by Gasteiger charge is -2.21. The lowest BCUT2D eigenvalue weighted by atomic mass is 10.1. The van der Waals surface area contributed by atoms with Crippen LogP contribution in [0.5, 0.6) is 0 Å². The van der Waals surface area contributed by atoms with Gasteiger partial charge in [0.15, 0.2) is 0 Å². The zero-order valence-electron chi connectivity index (χ0n) is 13.0. The SMILES string of the molecule is CCCCCN(C)c1cncc(CNC(C)(C)C)n1. The van der Waals surface area contributed by atoms with Gasteiger partial charge in [-0.15, -0.1) is 0 Å². The Hall–Kier alpha value is -1.16. The summed E-state index contributed by atoms with van der Waals surface area (Å²) in [5.41, 5.74) is 1.10. The van der Waals surface area contributed by atoms with Crippen molar-refractivity contribution in [2.45, 2.75) is 59.0 Å². The highest BCUT2D eigenvalue weighted by atomic mass is 15.2. The van der Waals surface area contributed by atoms with E-state index in [9.17, 15) is 0 Å². The zero-order valence-corrected chi connectivity index (χ0v) is 13.0. The Balaban J connectivity index is 2.56. The minimum absolute atomic E-state index is 0.102. The Morgan fingerprint density at radius 2 is 1.95 bits per heavy atom. The number of hydrogen-bond acceptors (Lipinski definition) is 4. The molecule has 0 aliphatic heterocycles. The van der Waals surface area contributed by atoms with Crippen molar-refractivity contribution >= 4 is 5.82 Å². The molecule has 0 unspecified atom stereocenters. The largest absolute Gasteiger partial charge is 0.358 e. The maximum absolute atomic E-state index is 4.66. The normalized spacial score (nSPS) is 11.6. The summed E-state index contributed by atoms with van der Waals surface area (Å²) in [5.74, 6) is 0.962. The molecule has 1 aromatic rings. The number of rotatable bonds is 7. The van der Waals surface area contributed by atoms with E-state index in [2.05, 4.69) is 54.9 Å². The summed E-state index contributed by atoms with van der Waals surface area (Å²) in [6.45, 7) is 10.5. The molecule has 0 aliphatic carbocycles. The smallest absolute Gasteiger partial charge is 0.147 e. The average Bonchev–Trinajstić information content (AvgIpc) is 2.36. The minimum atomic E-state index is 0.102. The van der Waals surface area contributed by atoms with Crippen LogP contribution in [0.15, 0.2) is 12.4 Å². The van der Waals surface area contributed by atoms with Gasteiger partial charge in [-0.2, -0.15) is 0 Å². The van der Waals surface area contributed by atoms with Crippen LogP contribution >= 0.6 is 0 Å². The lowest BCUT2D eigenvalue weighted by Crippen LogP contribution is -2.35. The molecule has 1 N–H and O–H groups in total. The minimum Gasteiger partial charge on any atom is -0.358 e. The molecule has 1 rings (SSSR count). The number of hydrogen-bond donors (Lipinski definition) is 1. The third-order valence-electron chi connectivity index (χ3n) is 2.96. The standard InChI is InChI=1S/C15H28N4/c1-6-7-8-9-19(5)14-12-16-10-13(18-14)11-17-15(2,3)4/h10,12,17H,6-9,11H2,1-5H3. The van der Waals surface area contributed by atoms with Gasteiger partial charge in [0.25, 0.3) is 0 Å². The van der Waals surface area contributed by atoms with Gasteiger partial charge in [-0.3, -0.25) is 4.98 Å². The molecule has 108 valence electrons. The van der Waals surface area contributed by atoms with Gasteiger partial charge in [0.1, 0.15) is 5.82 Å². The second kappa shape index (κ2) is 7.43. The summed E-state index contributed by atoms with van der Waals surface area (Å²) in [4.78, 5) is 11.1. The van der Waals surface area contributed by atoms with Crippen molar-refractivity contribution < 1.29 is 0 Å². The highest BCUT2D eigenvalue weighted by Gasteiger charge is 2.10. The van der Waals surface area contributed by atoms with Crippen molar-refractivity contribution in [1.29, 1.82) is 0 Å². The van der Waals surface area contributed by atoms with Crippen LogP contribution in [0.25, 0.3) is 0 Å². The number of nitrogens with one attached hydrogen (secondary N) is 1. The van der Waals surface area contributed by atoms with E-state index in [1.54, 1.807) is 0 Å². The Kier molecular flexibility index (Phi) is 6.22. The second-order valence-electron chi connectivity index (χ2n) is 6.10. The van der Waals surface area contributed by atoms with Crippen molar-refractivity contribution in [3.8, 4) is 0 Å². The van der Waals surface area contributed by atoms with Gasteiger partial charge in [0.2, 0.25) is 0 Å². The molecule has 0 saturated carbocycles. The average molecular weight is 264 g/mol. The number of unbranched alkanes of at least 4 members (excludes halogenated alkanes) is 2. The van der Waals surface area contributed by atoms with E-state index in [0.717, 1.165) is 24.6 Å². The molecule has 1 heterocycles. The molecular formula is C15H28N4. The van der Waals surface area contributed by atoms with Crippen LogP contribution in [-0.4, -0.2) is 29.1 Å². The summed E-state index contributed by atoms with van der Waals surface area (Å²) in [7, 11) is 2.08. The molecule has 0 radical (unpaired) electrons. The molecule has 0 aromatic carbocycles. The quantitative estimate of drug-likeness (QED) is 0.769. The van der Waals surface area contributed by atoms with Gasteiger partial charge < -0.3 is 10.2 Å². The van der Waals surface area contributed by atoms with Crippen molar-refractivity contribution in [1.82, 2.24) is 15.3 Å². The Morgan fingerprint density at radius 1 is 1.21 bits per heavy atom. The van der Waals surface area contributed by atoms with Crippen molar-refractivity contribution in [2.75, 3.05) is 18.5 Å². The fourth-order valence-corrected chi connectivity index (χ4v) is 1.73. The van der Waals surface area contributed by atoms with Crippen LogP contribution in [0.4, 0.5) is 5.82 Å². The van der Waals surface area contributed by atoms with Gasteiger partial charge in [-0.05, 0) is 27.2 Å². The summed E-state index contributed by atoms with van der Waals surface area (Å²) in [6, 6.07) is 0. The van der Waals surface area contributed by atoms with Crippen molar-refractivity contribution in [3.05, 3.63) is 18.1 Å². The molecule has 0 spiro atoms. The molecule has 4 heteroatoms. The molecule has 0 aliphatic rings. The van der Waals surface area contributed by atoms with Gasteiger partial charge >= 0.3 is 0 Å². The molecular weight excluding hydrogens is 236 g/mol. The van der Waals surface area contributed by atoms with E-state index in [1.807, 2.05) is 12.4 Å². The zero-order chi connectivity index (χ0) is 14.3. The fourth-order valence-electron chi connectivity index (χ4n) is 1.73. The van der Waals surface area contributed by atoms with E-state index in [-0.39, 0.29) is 5.54 Å². The van der Waals surface area contributed by atoms with Crippen LogP contribution in [0, 0.1) is 0 Å². The van der Waals surface area contributed by atoms with E-state index < -0.39 is 0 Å². The fraction of sp³-hybridized carbons (Fsp3) is 0.733. The maximum Gasteiger partial charge on any atom is 0.147 e. The number of anilines is 1. The Bertz CT molecular complexity index is 371. The molecule has 1 aromatic heterocycles. The number of aromatic nitrogens is 2. The van der Waals surface area contributed by atoms with Crippen LogP contribution in [0.1, 0.15) is 52.7 Å². The Labute approximate surface area is 117 Å². The first kappa shape index (κ1) is 15.9. The monoisotopic (exact) mass is 264 g/mol. The first-order valence-corrected chi connectivity index (χ1v) is 7.19. The van der Waals surface area contributed by atoms with E-state index in [1.165, 1.54) is 19.3 Å². The summed E-state index contributed by atoms with van der Waals surface area (Å²) < 4.78 is 0. The van der Waals surface area contributed by atoms with Crippen LogP contribution in [-0.2, 0) is 6.54 Å². The van der Waals surface area contributed by atoms with Crippen LogP contribution < -0.4 is 10.2 Å². The van der Waals surface area contributed by atoms with Gasteiger partial charge in [-0.25, -0.2) is 4.98 Å². The molecule has 4 nitrogen and oxygen atoms in total. The summed E-state index contributed by atoms with van der Waals surface area (Å²) in [6.07, 6.45) is 7.39. The molecule has 0 amide bonds. The molecule has 0 bridgehead atoms. The van der Waals surface area contributed by atoms with E-state index >= 15 is 0 Å². The van der Waals surface area contributed by atoms with Gasteiger partial charge in [-0.1, -0.05) is 19.8 Å². The molecule has 0 saturated heterocycles. The third-order valence-corrected chi connectivity index (χ3v) is 2.96. The van der Waals surface area contributed by atoms with Crippen LogP contribution in [0.3, 0.4) is 0 Å². The van der Waals surface area contributed by atoms with E-state index in [0.29, 0.717) is 0 Å². The summed E-state index contributed by atoms with van der Waals surface area (Å²) >= 11 is 0. The first-order valence-electron chi connectivity index (χ1n) is 7.19. The highest BCUT2D eigenvalue weighted by molar-refractivity contribution is 5.34. The predicted molar refractivity (Wildman–Crippen MR) is 81.4 cm³/mol. The maximum atomic E-state index is 4.66. The van der Waals surface area contributed by atoms with Gasteiger partial charge in [0, 0.05) is 31.9 Å². The Morgan fingerprint density at radius 3 is 2.58 bits per heavy atom. The van der Waals surface area contributed by atoms with Crippen LogP contribution in [0.2, 0.25) is 0 Å². The van der Waals surface area contributed by atoms with Gasteiger partial charge in [0.05, 0.1) is 11.9 Å². The summed E-state index contributed by atoms with van der Waals surface area (Å²) in [5, 5.41) is 3.44. The molecule has 0 fully saturated rings. The lowest BCUT2D eigenvalue weighted by molar-refractivity contribution is 0.421. The highest BCUT2D eigenvalue weighted by Crippen LogP contribution is 2.10. The first-order chi connectivity index (χ1) is 8.92. The molecule has 0 atom stereocenters.